The summed E-state index contributed by atoms with van der Waals surface area (Å²) in [5.74, 6) is 0.480. The van der Waals surface area contributed by atoms with E-state index in [-0.39, 0.29) is 6.04 Å². The molecule has 0 aliphatic heterocycles. The summed E-state index contributed by atoms with van der Waals surface area (Å²) in [6.45, 7) is 6.11. The van der Waals surface area contributed by atoms with Crippen molar-refractivity contribution in [2.24, 2.45) is 0 Å². The molecule has 0 amide bonds. The maximum Gasteiger partial charge on any atom is 0.203 e. The normalized spacial score (nSPS) is 13.0. The Morgan fingerprint density at radius 2 is 2.05 bits per heavy atom. The zero-order valence-corrected chi connectivity index (χ0v) is 11.9. The number of fused-ring (bicyclic) bond motifs is 1. The topological polar surface area (TPSA) is 69.6 Å². The van der Waals surface area contributed by atoms with E-state index in [9.17, 15) is 0 Å². The number of nitrogen functional groups attached to an aromatic ring is 1. The third-order valence-corrected chi connectivity index (χ3v) is 4.16. The van der Waals surface area contributed by atoms with Crippen LogP contribution in [0.15, 0.2) is 18.5 Å². The van der Waals surface area contributed by atoms with Crippen LogP contribution in [0.3, 0.4) is 0 Å². The van der Waals surface area contributed by atoms with Gasteiger partial charge in [-0.15, -0.1) is 11.3 Å². The van der Waals surface area contributed by atoms with Crippen LogP contribution < -0.4 is 5.73 Å². The first-order chi connectivity index (χ1) is 9.06. The van der Waals surface area contributed by atoms with E-state index < -0.39 is 0 Å². The molecule has 0 saturated carbocycles. The summed E-state index contributed by atoms with van der Waals surface area (Å²) in [7, 11) is 0. The van der Waals surface area contributed by atoms with Crippen molar-refractivity contribution in [2.45, 2.75) is 26.8 Å². The fraction of sp³-hybridized carbons (Fsp3) is 0.308. The third kappa shape index (κ3) is 1.98. The number of anilines is 1. The highest BCUT2D eigenvalue weighted by Crippen LogP contribution is 2.28. The highest BCUT2D eigenvalue weighted by molar-refractivity contribution is 7.11. The minimum absolute atomic E-state index is 0.0407. The maximum atomic E-state index is 6.04. The number of aromatic nitrogens is 4. The van der Waals surface area contributed by atoms with Gasteiger partial charge in [-0.05, 0) is 32.4 Å². The van der Waals surface area contributed by atoms with Gasteiger partial charge in [-0.2, -0.15) is 0 Å². The predicted octanol–water partition coefficient (Wildman–Crippen LogP) is 2.70. The van der Waals surface area contributed by atoms with Crippen LogP contribution in [0.4, 0.5) is 5.95 Å². The van der Waals surface area contributed by atoms with E-state index in [1.165, 1.54) is 4.88 Å². The van der Waals surface area contributed by atoms with Crippen molar-refractivity contribution in [3.8, 4) is 0 Å². The average Bonchev–Trinajstić information content (AvgIpc) is 2.91. The zero-order chi connectivity index (χ0) is 13.6. The first kappa shape index (κ1) is 12.1. The number of nitrogens with two attached hydrogens (primary N) is 1. The quantitative estimate of drug-likeness (QED) is 0.779. The average molecular weight is 273 g/mol. The molecule has 0 radical (unpaired) electrons. The van der Waals surface area contributed by atoms with E-state index in [0.29, 0.717) is 5.95 Å². The van der Waals surface area contributed by atoms with Crippen LogP contribution in [0, 0.1) is 13.8 Å². The van der Waals surface area contributed by atoms with Crippen molar-refractivity contribution in [1.29, 1.82) is 0 Å². The lowest BCUT2D eigenvalue weighted by molar-refractivity contribution is 0.657. The molecule has 0 spiro atoms. The minimum atomic E-state index is 0.0407. The number of imidazole rings is 1. The summed E-state index contributed by atoms with van der Waals surface area (Å²) in [5, 5.41) is 1.02. The van der Waals surface area contributed by atoms with E-state index >= 15 is 0 Å². The second-order valence-corrected chi connectivity index (χ2v) is 5.95. The Kier molecular flexibility index (Phi) is 2.74. The third-order valence-electron chi connectivity index (χ3n) is 3.08. The first-order valence-corrected chi connectivity index (χ1v) is 6.90. The van der Waals surface area contributed by atoms with E-state index in [1.54, 1.807) is 11.3 Å². The van der Waals surface area contributed by atoms with Crippen LogP contribution in [0.5, 0.6) is 0 Å². The molecule has 0 aliphatic carbocycles. The Hall–Kier alpha value is -1.95. The molecule has 6 heteroatoms. The lowest BCUT2D eigenvalue weighted by Crippen LogP contribution is -2.10. The van der Waals surface area contributed by atoms with Crippen LogP contribution in [0.2, 0.25) is 0 Å². The van der Waals surface area contributed by atoms with Crippen molar-refractivity contribution in [3.63, 3.8) is 0 Å². The van der Waals surface area contributed by atoms with E-state index in [4.69, 9.17) is 5.73 Å². The Labute approximate surface area is 115 Å². The largest absolute Gasteiger partial charge is 0.369 e. The van der Waals surface area contributed by atoms with Crippen molar-refractivity contribution < 1.29 is 0 Å². The summed E-state index contributed by atoms with van der Waals surface area (Å²) in [5.41, 5.74) is 8.76. The molecule has 3 heterocycles. The van der Waals surface area contributed by atoms with Gasteiger partial charge in [0, 0.05) is 17.3 Å². The van der Waals surface area contributed by atoms with Crippen molar-refractivity contribution in [2.75, 3.05) is 5.73 Å². The van der Waals surface area contributed by atoms with Gasteiger partial charge in [-0.1, -0.05) is 0 Å². The van der Waals surface area contributed by atoms with Gasteiger partial charge in [0.05, 0.1) is 6.04 Å². The van der Waals surface area contributed by atoms with Gasteiger partial charge >= 0.3 is 0 Å². The molecule has 98 valence electrons. The second-order valence-electron chi connectivity index (χ2n) is 4.68. The summed E-state index contributed by atoms with van der Waals surface area (Å²) in [6, 6.07) is 2.04. The van der Waals surface area contributed by atoms with Crippen molar-refractivity contribution in [3.05, 3.63) is 33.9 Å². The van der Waals surface area contributed by atoms with Crippen LogP contribution in [-0.4, -0.2) is 19.5 Å². The summed E-state index contributed by atoms with van der Waals surface area (Å²) >= 11 is 1.67. The molecule has 3 rings (SSSR count). The first-order valence-electron chi connectivity index (χ1n) is 6.08. The van der Waals surface area contributed by atoms with Crippen molar-refractivity contribution >= 4 is 28.4 Å². The van der Waals surface area contributed by atoms with Gasteiger partial charge in [0.2, 0.25) is 5.95 Å². The Bertz CT molecular complexity index is 743. The minimum Gasteiger partial charge on any atom is -0.369 e. The zero-order valence-electron chi connectivity index (χ0n) is 11.1. The molecule has 0 aliphatic rings. The molecule has 0 bridgehead atoms. The van der Waals surface area contributed by atoms with Gasteiger partial charge in [-0.3, -0.25) is 4.57 Å². The van der Waals surface area contributed by atoms with Gasteiger partial charge in [0.15, 0.2) is 5.65 Å². The van der Waals surface area contributed by atoms with Crippen molar-refractivity contribution in [1.82, 2.24) is 19.5 Å². The number of thiazole rings is 1. The fourth-order valence-electron chi connectivity index (χ4n) is 2.16. The molecule has 5 nitrogen and oxygen atoms in total. The summed E-state index contributed by atoms with van der Waals surface area (Å²) in [6.07, 6.45) is 3.71. The summed E-state index contributed by atoms with van der Waals surface area (Å²) in [4.78, 5) is 14.4. The van der Waals surface area contributed by atoms with Crippen LogP contribution in [-0.2, 0) is 0 Å². The molecule has 3 aromatic heterocycles. The SMILES string of the molecule is Cc1cnc2c(c1)nc(N)n2C(C)c1ncc(C)s1. The highest BCUT2D eigenvalue weighted by atomic mass is 32.1. The number of aryl methyl sites for hydroxylation is 2. The molecule has 2 N–H and O–H groups in total. The lowest BCUT2D eigenvalue weighted by atomic mass is 10.3. The molecule has 0 fully saturated rings. The highest BCUT2D eigenvalue weighted by Gasteiger charge is 2.18. The maximum absolute atomic E-state index is 6.04. The Morgan fingerprint density at radius 3 is 2.74 bits per heavy atom. The van der Waals surface area contributed by atoms with Crippen LogP contribution >= 0.6 is 11.3 Å². The number of nitrogens with zero attached hydrogens (tertiary/aromatic N) is 4. The Balaban J connectivity index is 2.16. The second kappa shape index (κ2) is 4.31. The smallest absolute Gasteiger partial charge is 0.203 e. The molecule has 0 aromatic carbocycles. The number of hydrogen-bond acceptors (Lipinski definition) is 5. The molecular weight excluding hydrogens is 258 g/mol. The number of pyridine rings is 1. The molecule has 19 heavy (non-hydrogen) atoms. The molecule has 1 unspecified atom stereocenters. The standard InChI is InChI=1S/C13H15N5S/c1-7-4-10-11(15-5-7)18(13(14)17-10)9(3)12-16-6-8(2)19-12/h4-6,9H,1-3H3,(H2,14,17). The van der Waals surface area contributed by atoms with E-state index in [1.807, 2.05) is 36.9 Å². The number of rotatable bonds is 2. The van der Waals surface area contributed by atoms with E-state index in [2.05, 4.69) is 21.9 Å². The van der Waals surface area contributed by atoms with E-state index in [0.717, 1.165) is 21.7 Å². The monoisotopic (exact) mass is 273 g/mol. The lowest BCUT2D eigenvalue weighted by Gasteiger charge is -2.12. The molecule has 3 aromatic rings. The molecule has 0 saturated heterocycles. The number of hydrogen-bond donors (Lipinski definition) is 1. The van der Waals surface area contributed by atoms with Crippen LogP contribution in [0.1, 0.15) is 28.4 Å². The van der Waals surface area contributed by atoms with Gasteiger partial charge in [-0.25, -0.2) is 15.0 Å². The fourth-order valence-corrected chi connectivity index (χ4v) is 2.97. The molecule has 1 atom stereocenters. The van der Waals surface area contributed by atoms with Gasteiger partial charge in [0.25, 0.3) is 0 Å². The Morgan fingerprint density at radius 1 is 1.26 bits per heavy atom. The summed E-state index contributed by atoms with van der Waals surface area (Å²) < 4.78 is 1.94. The molecular formula is C13H15N5S. The van der Waals surface area contributed by atoms with Crippen LogP contribution in [0.25, 0.3) is 11.2 Å². The van der Waals surface area contributed by atoms with Gasteiger partial charge < -0.3 is 5.73 Å². The predicted molar refractivity (Wildman–Crippen MR) is 77.3 cm³/mol. The van der Waals surface area contributed by atoms with Gasteiger partial charge in [0.1, 0.15) is 10.5 Å².